The van der Waals surface area contributed by atoms with Gasteiger partial charge < -0.3 is 15.4 Å². The maximum Gasteiger partial charge on any atom is 0.215 e. The van der Waals surface area contributed by atoms with E-state index in [-0.39, 0.29) is 35.1 Å². The van der Waals surface area contributed by atoms with E-state index >= 15 is 0 Å². The summed E-state index contributed by atoms with van der Waals surface area (Å²) >= 11 is 1.81. The number of ether oxygens (including phenoxy) is 1. The van der Waals surface area contributed by atoms with Gasteiger partial charge >= 0.3 is 0 Å². The number of guanidine groups is 1. The zero-order chi connectivity index (χ0) is 19.3. The first-order valence-electron chi connectivity index (χ1n) is 10.2. The second-order valence-electron chi connectivity index (χ2n) is 7.64. The highest BCUT2D eigenvalue weighted by atomic mass is 127. The number of nitrogens with one attached hydrogen (secondary N) is 2. The molecule has 2 unspecified atom stereocenters. The lowest BCUT2D eigenvalue weighted by Gasteiger charge is -2.54. The van der Waals surface area contributed by atoms with E-state index in [4.69, 9.17) is 4.74 Å². The fraction of sp³-hybridized carbons (Fsp3) is 0.944. The highest BCUT2D eigenvalue weighted by molar-refractivity contribution is 14.0. The minimum atomic E-state index is -3.19. The highest BCUT2D eigenvalue weighted by Gasteiger charge is 2.56. The average molecular weight is 547 g/mol. The van der Waals surface area contributed by atoms with Gasteiger partial charge in [0.1, 0.15) is 0 Å². The summed E-state index contributed by atoms with van der Waals surface area (Å²) in [5.41, 5.74) is 0.227. The van der Waals surface area contributed by atoms with Gasteiger partial charge in [-0.3, -0.25) is 4.99 Å². The SMILES string of the molecule is CCOC1CC(NC(=NC)NCCS(=O)(=O)N2CCSCC2)C12CCCC2.I. The monoisotopic (exact) mass is 546 g/mol. The minimum Gasteiger partial charge on any atom is -0.378 e. The van der Waals surface area contributed by atoms with Crippen LogP contribution in [-0.4, -0.2) is 81.4 Å². The molecule has 1 heterocycles. The quantitative estimate of drug-likeness (QED) is 0.289. The predicted molar refractivity (Wildman–Crippen MR) is 127 cm³/mol. The van der Waals surface area contributed by atoms with Crippen molar-refractivity contribution in [3.8, 4) is 0 Å². The molecule has 2 aliphatic carbocycles. The third-order valence-corrected chi connectivity index (χ3v) is 9.05. The van der Waals surface area contributed by atoms with Crippen LogP contribution < -0.4 is 10.6 Å². The zero-order valence-electron chi connectivity index (χ0n) is 17.0. The molecule has 28 heavy (non-hydrogen) atoms. The minimum absolute atomic E-state index is 0. The summed E-state index contributed by atoms with van der Waals surface area (Å²) < 4.78 is 32.5. The van der Waals surface area contributed by atoms with Gasteiger partial charge in [-0.2, -0.15) is 11.8 Å². The van der Waals surface area contributed by atoms with Crippen LogP contribution in [0.3, 0.4) is 0 Å². The van der Waals surface area contributed by atoms with E-state index in [2.05, 4.69) is 22.5 Å². The van der Waals surface area contributed by atoms with Crippen molar-refractivity contribution in [1.82, 2.24) is 14.9 Å². The van der Waals surface area contributed by atoms with Crippen LogP contribution >= 0.6 is 35.7 Å². The Labute approximate surface area is 191 Å². The number of nitrogens with zero attached hydrogens (tertiary/aromatic N) is 2. The molecule has 164 valence electrons. The number of halogens is 1. The van der Waals surface area contributed by atoms with Crippen LogP contribution in [0.4, 0.5) is 0 Å². The van der Waals surface area contributed by atoms with Crippen LogP contribution in [-0.2, 0) is 14.8 Å². The van der Waals surface area contributed by atoms with Gasteiger partial charge in [-0.05, 0) is 26.2 Å². The maximum atomic E-state index is 12.5. The van der Waals surface area contributed by atoms with Crippen LogP contribution in [0.2, 0.25) is 0 Å². The summed E-state index contributed by atoms with van der Waals surface area (Å²) in [6.07, 6.45) is 6.28. The molecule has 0 aromatic carbocycles. The van der Waals surface area contributed by atoms with Gasteiger partial charge in [0.2, 0.25) is 10.0 Å². The van der Waals surface area contributed by atoms with E-state index < -0.39 is 10.0 Å². The molecule has 2 N–H and O–H groups in total. The smallest absolute Gasteiger partial charge is 0.215 e. The largest absolute Gasteiger partial charge is 0.378 e. The Kier molecular flexibility index (Phi) is 9.63. The Bertz CT molecular complexity index is 620. The second kappa shape index (κ2) is 11.0. The summed E-state index contributed by atoms with van der Waals surface area (Å²) in [7, 11) is -1.45. The number of rotatable bonds is 7. The number of hydrogen-bond donors (Lipinski definition) is 2. The third kappa shape index (κ3) is 5.47. The van der Waals surface area contributed by atoms with Gasteiger partial charge in [-0.15, -0.1) is 24.0 Å². The van der Waals surface area contributed by atoms with Crippen molar-refractivity contribution in [3.63, 3.8) is 0 Å². The van der Waals surface area contributed by atoms with Crippen molar-refractivity contribution in [1.29, 1.82) is 0 Å². The summed E-state index contributed by atoms with van der Waals surface area (Å²) in [6.45, 7) is 4.46. The molecule has 7 nitrogen and oxygen atoms in total. The summed E-state index contributed by atoms with van der Waals surface area (Å²) in [5, 5.41) is 6.74. The molecular formula is C18H35IN4O3S2. The molecule has 1 aliphatic heterocycles. The maximum absolute atomic E-state index is 12.5. The van der Waals surface area contributed by atoms with Crippen LogP contribution in [0.5, 0.6) is 0 Å². The van der Waals surface area contributed by atoms with Crippen molar-refractivity contribution >= 4 is 51.7 Å². The van der Waals surface area contributed by atoms with Crippen molar-refractivity contribution < 1.29 is 13.2 Å². The molecule has 3 fully saturated rings. The molecule has 10 heteroatoms. The molecule has 0 radical (unpaired) electrons. The first kappa shape index (κ1) is 24.5. The summed E-state index contributed by atoms with van der Waals surface area (Å²) in [6, 6.07) is 0.360. The molecule has 2 atom stereocenters. The molecule has 0 bridgehead atoms. The van der Waals surface area contributed by atoms with E-state index in [0.717, 1.165) is 24.5 Å². The second-order valence-corrected chi connectivity index (χ2v) is 11.0. The summed E-state index contributed by atoms with van der Waals surface area (Å²) in [4.78, 5) is 4.31. The topological polar surface area (TPSA) is 83.0 Å². The Hall–Kier alpha value is 0.220. The number of sulfonamides is 1. The van der Waals surface area contributed by atoms with E-state index in [9.17, 15) is 8.42 Å². The van der Waals surface area contributed by atoms with E-state index in [0.29, 0.717) is 37.7 Å². The zero-order valence-corrected chi connectivity index (χ0v) is 20.9. The number of aliphatic imine (C=N–C) groups is 1. The van der Waals surface area contributed by atoms with E-state index in [1.165, 1.54) is 25.7 Å². The van der Waals surface area contributed by atoms with E-state index in [1.807, 2.05) is 11.8 Å². The van der Waals surface area contributed by atoms with Crippen LogP contribution in [0.25, 0.3) is 0 Å². The Balaban J connectivity index is 0.00000280. The fourth-order valence-corrected chi connectivity index (χ4v) is 7.19. The van der Waals surface area contributed by atoms with Crippen LogP contribution in [0.15, 0.2) is 4.99 Å². The van der Waals surface area contributed by atoms with Crippen molar-refractivity contribution in [2.75, 3.05) is 50.5 Å². The summed E-state index contributed by atoms with van der Waals surface area (Å²) in [5.74, 6) is 2.59. The lowest BCUT2D eigenvalue weighted by Crippen LogP contribution is -2.65. The molecule has 2 saturated carbocycles. The number of thioether (sulfide) groups is 1. The van der Waals surface area contributed by atoms with E-state index in [1.54, 1.807) is 11.4 Å². The van der Waals surface area contributed by atoms with Gasteiger partial charge in [0.25, 0.3) is 0 Å². The predicted octanol–water partition coefficient (Wildman–Crippen LogP) is 1.89. The van der Waals surface area contributed by atoms with Gasteiger partial charge in [0.05, 0.1) is 11.9 Å². The average Bonchev–Trinajstić information content (AvgIpc) is 3.19. The van der Waals surface area contributed by atoms with Gasteiger partial charge in [0, 0.05) is 56.3 Å². The van der Waals surface area contributed by atoms with Gasteiger partial charge in [-0.25, -0.2) is 12.7 Å². The van der Waals surface area contributed by atoms with Crippen LogP contribution in [0, 0.1) is 5.41 Å². The van der Waals surface area contributed by atoms with Crippen molar-refractivity contribution in [3.05, 3.63) is 0 Å². The van der Waals surface area contributed by atoms with Gasteiger partial charge in [0.15, 0.2) is 5.96 Å². The first-order chi connectivity index (χ1) is 13.0. The van der Waals surface area contributed by atoms with Crippen LogP contribution in [0.1, 0.15) is 39.0 Å². The molecule has 3 rings (SSSR count). The molecule has 0 aromatic heterocycles. The lowest BCUT2D eigenvalue weighted by atomic mass is 9.60. The Morgan fingerprint density at radius 1 is 1.29 bits per heavy atom. The normalized spacial score (nSPS) is 27.9. The van der Waals surface area contributed by atoms with Crippen molar-refractivity contribution in [2.24, 2.45) is 10.4 Å². The molecule has 1 spiro atoms. The van der Waals surface area contributed by atoms with Crippen molar-refractivity contribution in [2.45, 2.75) is 51.2 Å². The molecule has 3 aliphatic rings. The standard InChI is InChI=1S/C18H34N4O3S2.HI/c1-3-25-16-14-15(18(16)6-4-5-7-18)21-17(19-2)20-8-13-27(23,24)22-9-11-26-12-10-22;/h15-16H,3-14H2,1-2H3,(H2,19,20,21);1H. The highest BCUT2D eigenvalue weighted by Crippen LogP contribution is 2.54. The number of hydrogen-bond acceptors (Lipinski definition) is 5. The molecular weight excluding hydrogens is 511 g/mol. The Morgan fingerprint density at radius 2 is 1.96 bits per heavy atom. The van der Waals surface area contributed by atoms with Gasteiger partial charge in [-0.1, -0.05) is 12.8 Å². The molecule has 0 aromatic rings. The third-order valence-electron chi connectivity index (χ3n) is 6.24. The molecule has 1 saturated heterocycles. The molecule has 0 amide bonds. The lowest BCUT2D eigenvalue weighted by molar-refractivity contribution is -0.125. The fourth-order valence-electron chi connectivity index (χ4n) is 4.70. The first-order valence-corrected chi connectivity index (χ1v) is 12.9. The Morgan fingerprint density at radius 3 is 2.57 bits per heavy atom.